The van der Waals surface area contributed by atoms with Gasteiger partial charge in [-0.15, -0.1) is 0 Å². The first kappa shape index (κ1) is 18.4. The van der Waals surface area contributed by atoms with Crippen molar-refractivity contribution in [3.63, 3.8) is 0 Å². The summed E-state index contributed by atoms with van der Waals surface area (Å²) in [6, 6.07) is 15.2. The number of piperidine rings is 1. The molecule has 2 heterocycles. The van der Waals surface area contributed by atoms with Gasteiger partial charge in [-0.05, 0) is 42.2 Å². The van der Waals surface area contributed by atoms with Crippen LogP contribution in [0.15, 0.2) is 48.5 Å². The molecule has 144 valence electrons. The Morgan fingerprint density at radius 2 is 1.85 bits per heavy atom. The monoisotopic (exact) mass is 371 g/mol. The topological polar surface area (TPSA) is 41.9 Å². The standard InChI is InChI=1S/C22H26FNO3/c1-26-21-8-7-18(23)9-17(21)10-22(25)11-19-14-27-15-20(12-22)24(19)13-16-5-3-2-4-6-16/h2-9,19-20,25H,10-15H2,1H3. The van der Waals surface area contributed by atoms with Crippen LogP contribution in [0, 0.1) is 5.82 Å². The molecule has 27 heavy (non-hydrogen) atoms. The van der Waals surface area contributed by atoms with Crippen molar-refractivity contribution < 1.29 is 19.0 Å². The van der Waals surface area contributed by atoms with Crippen LogP contribution in [-0.2, 0) is 17.7 Å². The fourth-order valence-corrected chi connectivity index (χ4v) is 4.58. The molecule has 0 spiro atoms. The van der Waals surface area contributed by atoms with Crippen molar-refractivity contribution in [3.05, 3.63) is 65.5 Å². The predicted molar refractivity (Wildman–Crippen MR) is 101 cm³/mol. The van der Waals surface area contributed by atoms with E-state index in [2.05, 4.69) is 29.2 Å². The third-order valence-corrected chi connectivity index (χ3v) is 5.76. The summed E-state index contributed by atoms with van der Waals surface area (Å²) in [6.45, 7) is 2.09. The van der Waals surface area contributed by atoms with Gasteiger partial charge < -0.3 is 14.6 Å². The molecule has 0 aliphatic carbocycles. The van der Waals surface area contributed by atoms with Crippen molar-refractivity contribution in [2.45, 2.75) is 43.5 Å². The highest BCUT2D eigenvalue weighted by molar-refractivity contribution is 5.35. The van der Waals surface area contributed by atoms with E-state index in [1.165, 1.54) is 17.7 Å². The zero-order chi connectivity index (χ0) is 18.9. The molecular formula is C22H26FNO3. The fraction of sp³-hybridized carbons (Fsp3) is 0.455. The summed E-state index contributed by atoms with van der Waals surface area (Å²) < 4.78 is 24.9. The number of fused-ring (bicyclic) bond motifs is 2. The van der Waals surface area contributed by atoms with Crippen molar-refractivity contribution in [2.75, 3.05) is 20.3 Å². The highest BCUT2D eigenvalue weighted by Crippen LogP contribution is 2.38. The van der Waals surface area contributed by atoms with Crippen LogP contribution in [0.1, 0.15) is 24.0 Å². The van der Waals surface area contributed by atoms with Gasteiger partial charge in [0.25, 0.3) is 0 Å². The molecule has 0 amide bonds. The maximum Gasteiger partial charge on any atom is 0.123 e. The van der Waals surface area contributed by atoms with Gasteiger partial charge in [0.2, 0.25) is 0 Å². The van der Waals surface area contributed by atoms with Crippen molar-refractivity contribution in [2.24, 2.45) is 0 Å². The highest BCUT2D eigenvalue weighted by atomic mass is 19.1. The first-order valence-electron chi connectivity index (χ1n) is 9.48. The average molecular weight is 371 g/mol. The van der Waals surface area contributed by atoms with E-state index >= 15 is 0 Å². The van der Waals surface area contributed by atoms with E-state index in [0.29, 0.717) is 38.2 Å². The van der Waals surface area contributed by atoms with Gasteiger partial charge in [-0.1, -0.05) is 30.3 Å². The number of rotatable bonds is 5. The quantitative estimate of drug-likeness (QED) is 0.877. The van der Waals surface area contributed by atoms with Crippen LogP contribution in [0.3, 0.4) is 0 Å². The smallest absolute Gasteiger partial charge is 0.123 e. The minimum absolute atomic E-state index is 0.155. The second kappa shape index (κ2) is 7.58. The van der Waals surface area contributed by atoms with Gasteiger partial charge in [-0.3, -0.25) is 4.90 Å². The Bertz CT molecular complexity index is 768. The number of hydrogen-bond donors (Lipinski definition) is 1. The van der Waals surface area contributed by atoms with Crippen molar-refractivity contribution >= 4 is 0 Å². The van der Waals surface area contributed by atoms with Gasteiger partial charge in [0.1, 0.15) is 11.6 Å². The normalized spacial score (nSPS) is 28.1. The van der Waals surface area contributed by atoms with Crippen molar-refractivity contribution in [1.82, 2.24) is 4.90 Å². The van der Waals surface area contributed by atoms with E-state index in [9.17, 15) is 9.50 Å². The van der Waals surface area contributed by atoms with Crippen molar-refractivity contribution in [1.29, 1.82) is 0 Å². The molecule has 1 N–H and O–H groups in total. The molecule has 2 aliphatic heterocycles. The van der Waals surface area contributed by atoms with E-state index in [0.717, 1.165) is 12.1 Å². The second-order valence-corrected chi connectivity index (χ2v) is 7.77. The highest BCUT2D eigenvalue weighted by Gasteiger charge is 2.46. The molecule has 2 aromatic carbocycles. The molecule has 0 saturated carbocycles. The lowest BCUT2D eigenvalue weighted by Gasteiger charge is -2.52. The summed E-state index contributed by atoms with van der Waals surface area (Å²) in [7, 11) is 1.58. The number of hydrogen-bond acceptors (Lipinski definition) is 4. The Labute approximate surface area is 159 Å². The molecule has 4 rings (SSSR count). The van der Waals surface area contributed by atoms with E-state index in [-0.39, 0.29) is 17.9 Å². The maximum absolute atomic E-state index is 13.7. The molecule has 0 radical (unpaired) electrons. The van der Waals surface area contributed by atoms with Crippen LogP contribution >= 0.6 is 0 Å². The molecule has 4 nitrogen and oxygen atoms in total. The molecule has 0 aromatic heterocycles. The number of morpholine rings is 1. The van der Waals surface area contributed by atoms with Gasteiger partial charge in [0.15, 0.2) is 0 Å². The second-order valence-electron chi connectivity index (χ2n) is 7.77. The number of halogens is 1. The zero-order valence-electron chi connectivity index (χ0n) is 15.6. The fourth-order valence-electron chi connectivity index (χ4n) is 4.58. The average Bonchev–Trinajstić information content (AvgIpc) is 2.64. The lowest BCUT2D eigenvalue weighted by Crippen LogP contribution is -2.61. The summed E-state index contributed by atoms with van der Waals surface area (Å²) in [6.07, 6.45) is 1.60. The van der Waals surface area contributed by atoms with Crippen LogP contribution in [-0.4, -0.2) is 48.0 Å². The summed E-state index contributed by atoms with van der Waals surface area (Å²) in [5.41, 5.74) is 1.11. The summed E-state index contributed by atoms with van der Waals surface area (Å²) in [5.74, 6) is 0.317. The number of nitrogens with zero attached hydrogens (tertiary/aromatic N) is 1. The molecule has 2 atom stereocenters. The van der Waals surface area contributed by atoms with Gasteiger partial charge in [0.05, 0.1) is 25.9 Å². The third-order valence-electron chi connectivity index (χ3n) is 5.76. The van der Waals surface area contributed by atoms with Crippen LogP contribution in [0.2, 0.25) is 0 Å². The SMILES string of the molecule is COc1ccc(F)cc1CC1(O)CC2COCC(C1)N2Cc1ccccc1. The molecule has 2 bridgehead atoms. The zero-order valence-corrected chi connectivity index (χ0v) is 15.6. The third kappa shape index (κ3) is 4.00. The molecular weight excluding hydrogens is 345 g/mol. The maximum atomic E-state index is 13.7. The van der Waals surface area contributed by atoms with E-state index in [1.54, 1.807) is 13.2 Å². The molecule has 2 aromatic rings. The molecule has 2 fully saturated rings. The van der Waals surface area contributed by atoms with E-state index < -0.39 is 5.60 Å². The number of aliphatic hydroxyl groups is 1. The van der Waals surface area contributed by atoms with Gasteiger partial charge in [-0.2, -0.15) is 0 Å². The predicted octanol–water partition coefficient (Wildman–Crippen LogP) is 3.17. The Hall–Kier alpha value is -1.95. The first-order chi connectivity index (χ1) is 13.1. The Kier molecular flexibility index (Phi) is 5.17. The van der Waals surface area contributed by atoms with Gasteiger partial charge in [-0.25, -0.2) is 4.39 Å². The number of benzene rings is 2. The minimum Gasteiger partial charge on any atom is -0.496 e. The van der Waals surface area contributed by atoms with Gasteiger partial charge in [0, 0.05) is 25.0 Å². The lowest BCUT2D eigenvalue weighted by molar-refractivity contribution is -0.145. The largest absolute Gasteiger partial charge is 0.496 e. The van der Waals surface area contributed by atoms with Crippen LogP contribution in [0.4, 0.5) is 4.39 Å². The Morgan fingerprint density at radius 1 is 1.15 bits per heavy atom. The molecule has 2 aliphatic rings. The number of methoxy groups -OCH3 is 1. The molecule has 5 heteroatoms. The van der Waals surface area contributed by atoms with Crippen LogP contribution in [0.25, 0.3) is 0 Å². The molecule has 2 unspecified atom stereocenters. The van der Waals surface area contributed by atoms with E-state index in [1.807, 2.05) is 6.07 Å². The van der Waals surface area contributed by atoms with Gasteiger partial charge >= 0.3 is 0 Å². The number of ether oxygens (including phenoxy) is 2. The van der Waals surface area contributed by atoms with Crippen LogP contribution < -0.4 is 4.74 Å². The minimum atomic E-state index is -0.882. The lowest BCUT2D eigenvalue weighted by atomic mass is 9.77. The first-order valence-corrected chi connectivity index (χ1v) is 9.48. The van der Waals surface area contributed by atoms with Crippen LogP contribution in [0.5, 0.6) is 5.75 Å². The van der Waals surface area contributed by atoms with Crippen molar-refractivity contribution in [3.8, 4) is 5.75 Å². The molecule has 2 saturated heterocycles. The summed E-state index contributed by atoms with van der Waals surface area (Å²) >= 11 is 0. The Balaban J connectivity index is 1.53. The summed E-state index contributed by atoms with van der Waals surface area (Å²) in [4.78, 5) is 2.45. The summed E-state index contributed by atoms with van der Waals surface area (Å²) in [5, 5.41) is 11.4. The van der Waals surface area contributed by atoms with E-state index in [4.69, 9.17) is 9.47 Å². The Morgan fingerprint density at radius 3 is 2.52 bits per heavy atom.